The highest BCUT2D eigenvalue weighted by Gasteiger charge is 2.38. The Hall–Kier alpha value is -4.25. The van der Waals surface area contributed by atoms with Crippen molar-refractivity contribution in [1.82, 2.24) is 4.98 Å². The van der Waals surface area contributed by atoms with Gasteiger partial charge in [-0.2, -0.15) is 0 Å². The van der Waals surface area contributed by atoms with E-state index >= 15 is 0 Å². The van der Waals surface area contributed by atoms with Crippen LogP contribution in [-0.2, 0) is 11.8 Å². The number of aromatic nitrogens is 1. The van der Waals surface area contributed by atoms with Gasteiger partial charge >= 0.3 is 0 Å². The Labute approximate surface area is 216 Å². The summed E-state index contributed by atoms with van der Waals surface area (Å²) in [7, 11) is 0. The van der Waals surface area contributed by atoms with E-state index in [1.54, 1.807) is 6.07 Å². The lowest BCUT2D eigenvalue weighted by Crippen LogP contribution is -2.15. The summed E-state index contributed by atoms with van der Waals surface area (Å²) >= 11 is 0. The van der Waals surface area contributed by atoms with Gasteiger partial charge in [0.05, 0.1) is 10.5 Å². The fourth-order valence-electron chi connectivity index (χ4n) is 5.74. The molecule has 0 N–H and O–H groups in total. The SMILES string of the molecule is CC(C)Cc1ccc([N+](=O)[O-])c(-c2ccc3c(c2)-c2ccc4oc(-c5ccccc5)nc4c2C3(C)C)c1. The van der Waals surface area contributed by atoms with Crippen LogP contribution in [0, 0.1) is 16.0 Å². The number of nitro groups is 1. The van der Waals surface area contributed by atoms with E-state index in [9.17, 15) is 10.1 Å². The molecule has 0 aliphatic heterocycles. The maximum absolute atomic E-state index is 11.9. The molecule has 4 aromatic carbocycles. The van der Waals surface area contributed by atoms with Gasteiger partial charge in [-0.25, -0.2) is 4.98 Å². The molecule has 0 unspecified atom stereocenters. The van der Waals surface area contributed by atoms with E-state index in [1.165, 1.54) is 5.56 Å². The fourth-order valence-corrected chi connectivity index (χ4v) is 5.74. The van der Waals surface area contributed by atoms with Crippen LogP contribution in [0.1, 0.15) is 44.4 Å². The average Bonchev–Trinajstić information content (AvgIpc) is 3.40. The Bertz CT molecular complexity index is 1680. The number of nitro benzene ring substituents is 1. The summed E-state index contributed by atoms with van der Waals surface area (Å²) in [5.41, 5.74) is 9.52. The fraction of sp³-hybridized carbons (Fsp3) is 0.219. The van der Waals surface area contributed by atoms with Crippen molar-refractivity contribution >= 4 is 16.8 Å². The maximum atomic E-state index is 11.9. The first-order chi connectivity index (χ1) is 17.7. The van der Waals surface area contributed by atoms with Crippen molar-refractivity contribution in [3.63, 3.8) is 0 Å². The van der Waals surface area contributed by atoms with Crippen LogP contribution in [0.5, 0.6) is 0 Å². The van der Waals surface area contributed by atoms with E-state index < -0.39 is 0 Å². The van der Waals surface area contributed by atoms with Crippen LogP contribution in [0.25, 0.3) is 44.8 Å². The molecule has 5 nitrogen and oxygen atoms in total. The second kappa shape index (κ2) is 8.41. The van der Waals surface area contributed by atoms with E-state index in [1.807, 2.05) is 54.6 Å². The molecule has 5 aromatic rings. The summed E-state index contributed by atoms with van der Waals surface area (Å²) in [6.07, 6.45) is 0.875. The van der Waals surface area contributed by atoms with Crippen molar-refractivity contribution < 1.29 is 9.34 Å². The zero-order chi connectivity index (χ0) is 25.9. The van der Waals surface area contributed by atoms with Crippen molar-refractivity contribution in [3.8, 4) is 33.7 Å². The molecule has 0 bridgehead atoms. The van der Waals surface area contributed by atoms with E-state index in [2.05, 4.69) is 45.9 Å². The van der Waals surface area contributed by atoms with Crippen LogP contribution in [0.3, 0.4) is 0 Å². The van der Waals surface area contributed by atoms with E-state index in [4.69, 9.17) is 9.40 Å². The molecule has 1 aliphatic carbocycles. The normalized spacial score (nSPS) is 13.6. The number of fused-ring (bicyclic) bond motifs is 5. The molecule has 1 aromatic heterocycles. The molecule has 5 heteroatoms. The van der Waals surface area contributed by atoms with Gasteiger partial charge in [0.25, 0.3) is 5.69 Å². The van der Waals surface area contributed by atoms with Crippen molar-refractivity contribution in [3.05, 3.63) is 106 Å². The third-order valence-corrected chi connectivity index (χ3v) is 7.40. The van der Waals surface area contributed by atoms with Gasteiger partial charge in [-0.3, -0.25) is 10.1 Å². The van der Waals surface area contributed by atoms with Gasteiger partial charge in [-0.1, -0.05) is 70.2 Å². The van der Waals surface area contributed by atoms with E-state index in [0.29, 0.717) is 17.4 Å². The summed E-state index contributed by atoms with van der Waals surface area (Å²) in [6, 6.07) is 25.7. The topological polar surface area (TPSA) is 69.2 Å². The molecular weight excluding hydrogens is 460 g/mol. The third-order valence-electron chi connectivity index (χ3n) is 7.40. The van der Waals surface area contributed by atoms with Crippen molar-refractivity contribution in [2.75, 3.05) is 0 Å². The second-order valence-corrected chi connectivity index (χ2v) is 10.8. The number of oxazole rings is 1. The number of benzene rings is 4. The van der Waals surface area contributed by atoms with Crippen molar-refractivity contribution in [2.45, 2.75) is 39.5 Å². The van der Waals surface area contributed by atoms with Crippen LogP contribution in [0.2, 0.25) is 0 Å². The first-order valence-electron chi connectivity index (χ1n) is 12.7. The smallest absolute Gasteiger partial charge is 0.277 e. The highest BCUT2D eigenvalue weighted by Crippen LogP contribution is 2.52. The molecule has 0 radical (unpaired) electrons. The van der Waals surface area contributed by atoms with Crippen LogP contribution in [-0.4, -0.2) is 9.91 Å². The molecule has 0 spiro atoms. The summed E-state index contributed by atoms with van der Waals surface area (Å²) < 4.78 is 6.17. The largest absolute Gasteiger partial charge is 0.436 e. The number of hydrogen-bond acceptors (Lipinski definition) is 4. The third kappa shape index (κ3) is 3.73. The van der Waals surface area contributed by atoms with Crippen molar-refractivity contribution in [2.24, 2.45) is 5.92 Å². The first-order valence-corrected chi connectivity index (χ1v) is 12.7. The summed E-state index contributed by atoms with van der Waals surface area (Å²) in [4.78, 5) is 16.6. The molecule has 184 valence electrons. The Morgan fingerprint density at radius 3 is 2.41 bits per heavy atom. The first kappa shape index (κ1) is 23.2. The summed E-state index contributed by atoms with van der Waals surface area (Å²) in [6.45, 7) is 8.73. The van der Waals surface area contributed by atoms with Gasteiger partial charge in [0.1, 0.15) is 5.52 Å². The van der Waals surface area contributed by atoms with Crippen LogP contribution in [0.4, 0.5) is 5.69 Å². The molecule has 37 heavy (non-hydrogen) atoms. The molecule has 6 rings (SSSR count). The van der Waals surface area contributed by atoms with Gasteiger partial charge in [0.15, 0.2) is 5.58 Å². The van der Waals surface area contributed by atoms with E-state index in [-0.39, 0.29) is 16.0 Å². The minimum absolute atomic E-state index is 0.129. The molecule has 0 amide bonds. The predicted octanol–water partition coefficient (Wildman–Crippen LogP) is 8.57. The van der Waals surface area contributed by atoms with Gasteiger partial charge in [0.2, 0.25) is 5.89 Å². The zero-order valence-corrected chi connectivity index (χ0v) is 21.4. The Balaban J connectivity index is 1.53. The highest BCUT2D eigenvalue weighted by atomic mass is 16.6. The van der Waals surface area contributed by atoms with Crippen LogP contribution >= 0.6 is 0 Å². The summed E-state index contributed by atoms with van der Waals surface area (Å²) in [5.74, 6) is 1.07. The molecule has 0 fully saturated rings. The number of nitrogens with zero attached hydrogens (tertiary/aromatic N) is 2. The van der Waals surface area contributed by atoms with Gasteiger partial charge in [0, 0.05) is 17.0 Å². The standard InChI is InChI=1S/C32H28N2O3/c1-19(2)16-20-10-14-27(34(35)36)24(17-20)22-11-13-26-25(18-22)23-12-15-28-30(29(23)32(26,3)4)33-31(37-28)21-8-6-5-7-9-21/h5-15,17-19H,16H2,1-4H3. The Morgan fingerprint density at radius 1 is 0.892 bits per heavy atom. The molecule has 1 aliphatic rings. The number of rotatable bonds is 5. The van der Waals surface area contributed by atoms with E-state index in [0.717, 1.165) is 50.9 Å². The Kier molecular flexibility index (Phi) is 5.27. The lowest BCUT2D eigenvalue weighted by atomic mass is 9.81. The lowest BCUT2D eigenvalue weighted by Gasteiger charge is -2.21. The second-order valence-electron chi connectivity index (χ2n) is 10.8. The predicted molar refractivity (Wildman–Crippen MR) is 148 cm³/mol. The molecular formula is C32H28N2O3. The van der Waals surface area contributed by atoms with Crippen LogP contribution in [0.15, 0.2) is 83.3 Å². The molecule has 0 saturated heterocycles. The molecule has 0 saturated carbocycles. The minimum Gasteiger partial charge on any atom is -0.436 e. The monoisotopic (exact) mass is 488 g/mol. The average molecular weight is 489 g/mol. The van der Waals surface area contributed by atoms with Crippen LogP contribution < -0.4 is 0 Å². The minimum atomic E-state index is -0.293. The lowest BCUT2D eigenvalue weighted by molar-refractivity contribution is -0.384. The zero-order valence-electron chi connectivity index (χ0n) is 21.4. The quantitative estimate of drug-likeness (QED) is 0.183. The van der Waals surface area contributed by atoms with Gasteiger partial charge < -0.3 is 4.42 Å². The van der Waals surface area contributed by atoms with Gasteiger partial charge in [-0.15, -0.1) is 0 Å². The van der Waals surface area contributed by atoms with Gasteiger partial charge in [-0.05, 0) is 76.1 Å². The maximum Gasteiger partial charge on any atom is 0.277 e. The molecule has 0 atom stereocenters. The number of hydrogen-bond donors (Lipinski definition) is 0. The molecule has 1 heterocycles. The highest BCUT2D eigenvalue weighted by molar-refractivity contribution is 5.95. The summed E-state index contributed by atoms with van der Waals surface area (Å²) in [5, 5.41) is 11.9. The van der Waals surface area contributed by atoms with Crippen molar-refractivity contribution in [1.29, 1.82) is 0 Å². The Morgan fingerprint density at radius 2 is 1.68 bits per heavy atom.